The molecule has 0 fully saturated rings. The first-order valence-corrected chi connectivity index (χ1v) is 12.8. The maximum atomic E-state index is 3.94. The van der Waals surface area contributed by atoms with E-state index in [1.165, 1.54) is 55.0 Å². The van der Waals surface area contributed by atoms with Crippen LogP contribution in [0.15, 0.2) is 37.1 Å². The zero-order chi connectivity index (χ0) is 16.7. The van der Waals surface area contributed by atoms with Gasteiger partial charge in [-0.1, -0.05) is 0 Å². The maximum absolute atomic E-state index is 3.94. The molecule has 4 rings (SSSR count). The van der Waals surface area contributed by atoms with Gasteiger partial charge in [0.15, 0.2) is 0 Å². The summed E-state index contributed by atoms with van der Waals surface area (Å²) in [6, 6.07) is 2.57. The van der Waals surface area contributed by atoms with Gasteiger partial charge in [-0.25, -0.2) is 0 Å². The van der Waals surface area contributed by atoms with Gasteiger partial charge in [-0.15, -0.1) is 0 Å². The van der Waals surface area contributed by atoms with Crippen molar-refractivity contribution in [2.45, 2.75) is 62.4 Å². The Hall–Kier alpha value is -0.197. The van der Waals surface area contributed by atoms with Gasteiger partial charge in [-0.3, -0.25) is 0 Å². The van der Waals surface area contributed by atoms with Crippen molar-refractivity contribution in [2.24, 2.45) is 0 Å². The van der Waals surface area contributed by atoms with E-state index in [0.717, 1.165) is 3.63 Å². The molecule has 0 saturated carbocycles. The first-order valence-electron chi connectivity index (χ1n) is 9.36. The van der Waals surface area contributed by atoms with Gasteiger partial charge in [0, 0.05) is 0 Å². The van der Waals surface area contributed by atoms with Gasteiger partial charge in [0.2, 0.25) is 0 Å². The Kier molecular flexibility index (Phi) is 5.17. The van der Waals surface area contributed by atoms with Crippen molar-refractivity contribution < 1.29 is 23.2 Å². The van der Waals surface area contributed by atoms with Crippen molar-refractivity contribution in [3.05, 3.63) is 59.4 Å². The quantitative estimate of drug-likeness (QED) is 0.449. The molecule has 2 heteroatoms. The van der Waals surface area contributed by atoms with Crippen LogP contribution in [0.4, 0.5) is 0 Å². The average molecular weight is 461 g/mol. The van der Waals surface area contributed by atoms with Crippen LogP contribution < -0.4 is 0 Å². The molecule has 0 amide bonds. The first kappa shape index (κ1) is 17.2. The molecule has 0 saturated heterocycles. The van der Waals surface area contributed by atoms with Crippen LogP contribution in [-0.2, 0) is 36.1 Å². The SMILES string of the molecule is CCCCC1=CC[C]([Zr][CH]2C(C)=Cc3c2cc2c(c3Br)CCC2)=C1. The molecule has 0 N–H and O–H groups in total. The number of rotatable bonds is 5. The van der Waals surface area contributed by atoms with Gasteiger partial charge in [0.05, 0.1) is 0 Å². The Balaban J connectivity index is 1.57. The van der Waals surface area contributed by atoms with Crippen LogP contribution in [0, 0.1) is 0 Å². The molecule has 24 heavy (non-hydrogen) atoms. The fourth-order valence-electron chi connectivity index (χ4n) is 4.29. The number of hydrogen-bond acceptors (Lipinski definition) is 0. The van der Waals surface area contributed by atoms with Crippen LogP contribution in [0.25, 0.3) is 6.08 Å². The number of unbranched alkanes of at least 4 members (excludes halogenated alkanes) is 1. The molecule has 1 unspecified atom stereocenters. The van der Waals surface area contributed by atoms with Crippen LogP contribution in [0.5, 0.6) is 0 Å². The molecule has 0 bridgehead atoms. The molecule has 3 aliphatic rings. The van der Waals surface area contributed by atoms with E-state index in [0.29, 0.717) is 0 Å². The number of fused-ring (bicyclic) bond motifs is 2. The molecular formula is C22H25BrZr. The molecule has 1 aromatic carbocycles. The van der Waals surface area contributed by atoms with E-state index in [-0.39, 0.29) is 0 Å². The van der Waals surface area contributed by atoms with Crippen LogP contribution in [0.1, 0.15) is 71.8 Å². The van der Waals surface area contributed by atoms with Gasteiger partial charge in [-0.05, 0) is 0 Å². The Morgan fingerprint density at radius 1 is 1.25 bits per heavy atom. The third-order valence-electron chi connectivity index (χ3n) is 5.63. The molecule has 1 aromatic rings. The second-order valence-corrected chi connectivity index (χ2v) is 11.9. The second-order valence-electron chi connectivity index (χ2n) is 7.41. The Bertz CT molecular complexity index is 767. The summed E-state index contributed by atoms with van der Waals surface area (Å²) in [6.07, 6.45) is 16.6. The molecule has 1 atom stereocenters. The summed E-state index contributed by atoms with van der Waals surface area (Å²) in [5, 5.41) is 0. The minimum atomic E-state index is -0.586. The summed E-state index contributed by atoms with van der Waals surface area (Å²) in [5.74, 6) is 0. The van der Waals surface area contributed by atoms with Crippen LogP contribution in [-0.4, -0.2) is 0 Å². The standard InChI is InChI=1S/C13H12Br.C9H13.Zr/c1-8-5-10-7-9-3-2-4-11(9)13(14)12(10)6-8;1-2-3-6-9-7-4-5-8-9;/h5-7H,2-4H2,1H3;7-8H,2-4,6H2,1H3;. The molecule has 0 aromatic heterocycles. The van der Waals surface area contributed by atoms with Gasteiger partial charge in [0.25, 0.3) is 0 Å². The normalized spacial score (nSPS) is 21.3. The van der Waals surface area contributed by atoms with Crippen molar-refractivity contribution in [1.29, 1.82) is 0 Å². The summed E-state index contributed by atoms with van der Waals surface area (Å²) >= 11 is 3.35. The summed E-state index contributed by atoms with van der Waals surface area (Å²) in [6.45, 7) is 4.65. The van der Waals surface area contributed by atoms with E-state index < -0.39 is 23.2 Å². The van der Waals surface area contributed by atoms with E-state index >= 15 is 0 Å². The number of benzene rings is 1. The van der Waals surface area contributed by atoms with Gasteiger partial charge >= 0.3 is 167 Å². The van der Waals surface area contributed by atoms with Gasteiger partial charge < -0.3 is 0 Å². The minimum absolute atomic E-state index is 0.586. The number of hydrogen-bond donors (Lipinski definition) is 0. The molecule has 124 valence electrons. The van der Waals surface area contributed by atoms with Crippen molar-refractivity contribution in [2.75, 3.05) is 0 Å². The van der Waals surface area contributed by atoms with Gasteiger partial charge in [-0.2, -0.15) is 0 Å². The van der Waals surface area contributed by atoms with Crippen LogP contribution in [0.3, 0.4) is 0 Å². The zero-order valence-corrected chi connectivity index (χ0v) is 18.8. The van der Waals surface area contributed by atoms with E-state index in [1.807, 2.05) is 0 Å². The van der Waals surface area contributed by atoms with E-state index in [9.17, 15) is 0 Å². The summed E-state index contributed by atoms with van der Waals surface area (Å²) in [7, 11) is 0. The molecular weight excluding hydrogens is 435 g/mol. The summed E-state index contributed by atoms with van der Waals surface area (Å²) in [4.78, 5) is 0. The van der Waals surface area contributed by atoms with Crippen molar-refractivity contribution >= 4 is 22.0 Å². The second kappa shape index (κ2) is 7.20. The third-order valence-corrected chi connectivity index (χ3v) is 10.9. The van der Waals surface area contributed by atoms with Crippen LogP contribution in [0.2, 0.25) is 0 Å². The van der Waals surface area contributed by atoms with E-state index in [4.69, 9.17) is 0 Å². The monoisotopic (exact) mass is 458 g/mol. The Morgan fingerprint density at radius 2 is 2.12 bits per heavy atom. The molecule has 0 radical (unpaired) electrons. The predicted molar refractivity (Wildman–Crippen MR) is 103 cm³/mol. The fourth-order valence-corrected chi connectivity index (χ4v) is 8.93. The molecule has 0 heterocycles. The molecule has 3 aliphatic carbocycles. The number of halogens is 1. The molecule has 0 nitrogen and oxygen atoms in total. The predicted octanol–water partition coefficient (Wildman–Crippen LogP) is 6.88. The van der Waals surface area contributed by atoms with Crippen molar-refractivity contribution in [3.8, 4) is 0 Å². The summed E-state index contributed by atoms with van der Waals surface area (Å²) in [5.41, 5.74) is 9.60. The number of aryl methyl sites for hydroxylation is 1. The van der Waals surface area contributed by atoms with E-state index in [1.54, 1.807) is 31.1 Å². The third kappa shape index (κ3) is 3.14. The molecule has 0 aliphatic heterocycles. The molecule has 0 spiro atoms. The first-order chi connectivity index (χ1) is 11.7. The fraction of sp³-hybridized carbons (Fsp3) is 0.455. The van der Waals surface area contributed by atoms with E-state index in [2.05, 4.69) is 54.1 Å². The topological polar surface area (TPSA) is 0 Å². The Morgan fingerprint density at radius 3 is 2.96 bits per heavy atom. The summed E-state index contributed by atoms with van der Waals surface area (Å²) < 4.78 is 3.97. The Labute approximate surface area is 166 Å². The van der Waals surface area contributed by atoms with Gasteiger partial charge in [0.1, 0.15) is 0 Å². The van der Waals surface area contributed by atoms with Crippen molar-refractivity contribution in [3.63, 3.8) is 0 Å². The average Bonchev–Trinajstić information content (AvgIpc) is 3.27. The van der Waals surface area contributed by atoms with Crippen LogP contribution >= 0.6 is 15.9 Å². The van der Waals surface area contributed by atoms with Crippen molar-refractivity contribution in [1.82, 2.24) is 0 Å². The number of allylic oxidation sites excluding steroid dienone is 5. The zero-order valence-electron chi connectivity index (χ0n) is 14.7.